The van der Waals surface area contributed by atoms with Crippen molar-refractivity contribution in [2.24, 2.45) is 5.73 Å². The highest BCUT2D eigenvalue weighted by molar-refractivity contribution is 5.63. The lowest BCUT2D eigenvalue weighted by molar-refractivity contribution is 0.380. The second-order valence-electron chi connectivity index (χ2n) is 3.78. The van der Waals surface area contributed by atoms with Gasteiger partial charge in [0.15, 0.2) is 0 Å². The lowest BCUT2D eigenvalue weighted by atomic mass is 10.1. The fraction of sp³-hybridized carbons (Fsp3) is 0.273. The quantitative estimate of drug-likeness (QED) is 0.872. The van der Waals surface area contributed by atoms with E-state index in [1.807, 2.05) is 0 Å². The summed E-state index contributed by atoms with van der Waals surface area (Å²) in [5.41, 5.74) is 6.55. The molecule has 0 aliphatic carbocycles. The van der Waals surface area contributed by atoms with Crippen molar-refractivity contribution in [3.05, 3.63) is 29.9 Å². The maximum atomic E-state index is 13.5. The Morgan fingerprint density at radius 1 is 1.41 bits per heavy atom. The van der Waals surface area contributed by atoms with Crippen molar-refractivity contribution in [3.63, 3.8) is 0 Å². The fourth-order valence-electron chi connectivity index (χ4n) is 1.45. The zero-order valence-electron chi connectivity index (χ0n) is 9.64. The first-order valence-corrected chi connectivity index (χ1v) is 5.11. The third-order valence-corrected chi connectivity index (χ3v) is 2.33. The lowest BCUT2D eigenvalue weighted by Gasteiger charge is -2.13. The highest BCUT2D eigenvalue weighted by Gasteiger charge is 2.11. The maximum absolute atomic E-state index is 13.5. The second-order valence-corrected chi connectivity index (χ2v) is 3.78. The van der Waals surface area contributed by atoms with Crippen molar-refractivity contribution < 1.29 is 8.91 Å². The molecule has 6 heteroatoms. The molecule has 0 atom stereocenters. The van der Waals surface area contributed by atoms with Crippen LogP contribution >= 0.6 is 0 Å². The summed E-state index contributed by atoms with van der Waals surface area (Å²) in [6, 6.07) is 4.65. The van der Waals surface area contributed by atoms with Gasteiger partial charge in [0, 0.05) is 19.7 Å². The van der Waals surface area contributed by atoms with Gasteiger partial charge in [-0.25, -0.2) is 4.39 Å². The molecule has 0 saturated heterocycles. The van der Waals surface area contributed by atoms with Crippen LogP contribution in [0.5, 0.6) is 0 Å². The smallest absolute Gasteiger partial charge is 0.240 e. The Morgan fingerprint density at radius 3 is 2.76 bits per heavy atom. The number of nitrogens with two attached hydrogens (primary N) is 1. The van der Waals surface area contributed by atoms with E-state index in [4.69, 9.17) is 10.3 Å². The zero-order chi connectivity index (χ0) is 12.4. The Hall–Kier alpha value is -1.95. The molecule has 1 aromatic heterocycles. The number of hydrogen-bond donors (Lipinski definition) is 1. The van der Waals surface area contributed by atoms with E-state index in [2.05, 4.69) is 10.1 Å². The lowest BCUT2D eigenvalue weighted by Crippen LogP contribution is -2.10. The summed E-state index contributed by atoms with van der Waals surface area (Å²) in [6.07, 6.45) is 0. The van der Waals surface area contributed by atoms with Gasteiger partial charge in [0.25, 0.3) is 0 Å². The zero-order valence-corrected chi connectivity index (χ0v) is 9.64. The fourth-order valence-corrected chi connectivity index (χ4v) is 1.45. The Labute approximate surface area is 98.0 Å². The molecule has 0 aliphatic rings. The minimum absolute atomic E-state index is 0.189. The van der Waals surface area contributed by atoms with Crippen LogP contribution in [-0.2, 0) is 6.54 Å². The minimum atomic E-state index is -0.290. The largest absolute Gasteiger partial charge is 0.375 e. The van der Waals surface area contributed by atoms with Gasteiger partial charge in [-0.15, -0.1) is 0 Å². The van der Waals surface area contributed by atoms with Gasteiger partial charge >= 0.3 is 0 Å². The van der Waals surface area contributed by atoms with E-state index in [-0.39, 0.29) is 12.4 Å². The average molecular weight is 236 g/mol. The molecular weight excluding hydrogens is 223 g/mol. The molecule has 0 aliphatic heterocycles. The van der Waals surface area contributed by atoms with Crippen LogP contribution in [0.1, 0.15) is 5.89 Å². The normalized spacial score (nSPS) is 10.6. The van der Waals surface area contributed by atoms with Gasteiger partial charge in [0.2, 0.25) is 11.7 Å². The number of aromatic nitrogens is 2. The van der Waals surface area contributed by atoms with E-state index in [0.29, 0.717) is 23.0 Å². The van der Waals surface area contributed by atoms with Crippen molar-refractivity contribution in [1.82, 2.24) is 10.1 Å². The van der Waals surface area contributed by atoms with Gasteiger partial charge in [-0.3, -0.25) is 0 Å². The molecule has 0 saturated carbocycles. The monoisotopic (exact) mass is 236 g/mol. The molecule has 0 fully saturated rings. The number of hydrogen-bond acceptors (Lipinski definition) is 5. The first-order chi connectivity index (χ1) is 8.11. The standard InChI is InChI=1S/C11H13FN4O/c1-16(2)9-5-7(3-4-8(9)12)11-14-10(6-13)17-15-11/h3-5H,6,13H2,1-2H3. The molecule has 2 rings (SSSR count). The third-order valence-electron chi connectivity index (χ3n) is 2.33. The Bertz CT molecular complexity index is 524. The van der Waals surface area contributed by atoms with Crippen LogP contribution in [-0.4, -0.2) is 24.2 Å². The summed E-state index contributed by atoms with van der Waals surface area (Å²) in [7, 11) is 3.54. The van der Waals surface area contributed by atoms with Crippen LogP contribution in [0.2, 0.25) is 0 Å². The molecule has 0 amide bonds. The van der Waals surface area contributed by atoms with Gasteiger partial charge in [0.1, 0.15) is 5.82 Å². The Balaban J connectivity index is 2.42. The van der Waals surface area contributed by atoms with E-state index in [9.17, 15) is 4.39 Å². The van der Waals surface area contributed by atoms with Crippen molar-refractivity contribution in [2.45, 2.75) is 6.54 Å². The van der Waals surface area contributed by atoms with Crippen LogP contribution < -0.4 is 10.6 Å². The number of nitrogens with zero attached hydrogens (tertiary/aromatic N) is 3. The second kappa shape index (κ2) is 4.50. The van der Waals surface area contributed by atoms with Gasteiger partial charge < -0.3 is 15.2 Å². The molecule has 17 heavy (non-hydrogen) atoms. The summed E-state index contributed by atoms with van der Waals surface area (Å²) in [5, 5.41) is 3.78. The summed E-state index contributed by atoms with van der Waals surface area (Å²) in [4.78, 5) is 5.77. The molecule has 2 N–H and O–H groups in total. The molecule has 1 heterocycles. The maximum Gasteiger partial charge on any atom is 0.240 e. The summed E-state index contributed by atoms with van der Waals surface area (Å²) in [5.74, 6) is 0.477. The van der Waals surface area contributed by atoms with Gasteiger partial charge in [-0.1, -0.05) is 5.16 Å². The van der Waals surface area contributed by atoms with Crippen LogP contribution in [0.4, 0.5) is 10.1 Å². The van der Waals surface area contributed by atoms with Crippen molar-refractivity contribution in [3.8, 4) is 11.4 Å². The predicted molar refractivity (Wildman–Crippen MR) is 61.9 cm³/mol. The van der Waals surface area contributed by atoms with Gasteiger partial charge in [-0.2, -0.15) is 4.98 Å². The molecule has 5 nitrogen and oxygen atoms in total. The number of halogens is 1. The first kappa shape index (κ1) is 11.5. The number of rotatable bonds is 3. The number of anilines is 1. The van der Waals surface area contributed by atoms with Gasteiger partial charge in [0.05, 0.1) is 12.2 Å². The molecule has 90 valence electrons. The van der Waals surface area contributed by atoms with Crippen molar-refractivity contribution in [2.75, 3.05) is 19.0 Å². The highest BCUT2D eigenvalue weighted by Crippen LogP contribution is 2.24. The van der Waals surface area contributed by atoms with E-state index in [0.717, 1.165) is 0 Å². The van der Waals surface area contributed by atoms with Crippen LogP contribution in [0.25, 0.3) is 11.4 Å². The molecule has 0 radical (unpaired) electrons. The van der Waals surface area contributed by atoms with Crippen molar-refractivity contribution in [1.29, 1.82) is 0 Å². The summed E-state index contributed by atoms with van der Waals surface area (Å²) < 4.78 is 18.4. The molecule has 2 aromatic rings. The van der Waals surface area contributed by atoms with E-state index < -0.39 is 0 Å². The van der Waals surface area contributed by atoms with Crippen LogP contribution in [0.3, 0.4) is 0 Å². The number of benzene rings is 1. The van der Waals surface area contributed by atoms with Crippen LogP contribution in [0.15, 0.2) is 22.7 Å². The molecule has 1 aromatic carbocycles. The highest BCUT2D eigenvalue weighted by atomic mass is 19.1. The van der Waals surface area contributed by atoms with Crippen LogP contribution in [0, 0.1) is 5.82 Å². The SMILES string of the molecule is CN(C)c1cc(-c2noc(CN)n2)ccc1F. The minimum Gasteiger partial charge on any atom is -0.375 e. The summed E-state index contributed by atoms with van der Waals surface area (Å²) >= 11 is 0. The average Bonchev–Trinajstić information content (AvgIpc) is 2.78. The van der Waals surface area contributed by atoms with Crippen molar-refractivity contribution >= 4 is 5.69 Å². The van der Waals surface area contributed by atoms with E-state index >= 15 is 0 Å². The summed E-state index contributed by atoms with van der Waals surface area (Å²) in [6.45, 7) is 0.189. The molecule has 0 unspecified atom stereocenters. The molecular formula is C11H13FN4O. The molecule has 0 spiro atoms. The first-order valence-electron chi connectivity index (χ1n) is 5.11. The third kappa shape index (κ3) is 2.26. The Kier molecular flexibility index (Phi) is 3.06. The Morgan fingerprint density at radius 2 is 2.18 bits per heavy atom. The van der Waals surface area contributed by atoms with E-state index in [1.165, 1.54) is 6.07 Å². The molecule has 0 bridgehead atoms. The van der Waals surface area contributed by atoms with E-state index in [1.54, 1.807) is 31.1 Å². The van der Waals surface area contributed by atoms with Gasteiger partial charge in [-0.05, 0) is 18.2 Å². The predicted octanol–water partition coefficient (Wildman–Crippen LogP) is 1.40. The topological polar surface area (TPSA) is 68.2 Å².